The number of nitrogens with one attached hydrogen (secondary N) is 2. The summed E-state index contributed by atoms with van der Waals surface area (Å²) < 4.78 is 7.95. The van der Waals surface area contributed by atoms with Crippen LogP contribution < -0.4 is 10.6 Å². The summed E-state index contributed by atoms with van der Waals surface area (Å²) in [5.41, 5.74) is 0. The van der Waals surface area contributed by atoms with E-state index >= 15 is 0 Å². The van der Waals surface area contributed by atoms with Crippen molar-refractivity contribution in [2.24, 2.45) is 4.99 Å². The van der Waals surface area contributed by atoms with Crippen LogP contribution in [0.3, 0.4) is 0 Å². The van der Waals surface area contributed by atoms with E-state index in [-0.39, 0.29) is 30.1 Å². The van der Waals surface area contributed by atoms with Gasteiger partial charge in [-0.1, -0.05) is 19.8 Å². The SMILES string of the molecule is CCc1nncn1CCNC(=NCC1CCCCO1)NCCCN1CCCCCC1.I. The van der Waals surface area contributed by atoms with Gasteiger partial charge in [-0.2, -0.15) is 0 Å². The van der Waals surface area contributed by atoms with Gasteiger partial charge in [-0.15, -0.1) is 34.2 Å². The Balaban J connectivity index is 0.00000341. The predicted octanol–water partition coefficient (Wildman–Crippen LogP) is 2.83. The monoisotopic (exact) mass is 547 g/mol. The Labute approximate surface area is 205 Å². The maximum Gasteiger partial charge on any atom is 0.191 e. The summed E-state index contributed by atoms with van der Waals surface area (Å²) in [5, 5.41) is 15.2. The fraction of sp³-hybridized carbons (Fsp3) is 0.864. The molecule has 178 valence electrons. The molecule has 2 fully saturated rings. The molecule has 9 heteroatoms. The molecule has 0 aliphatic carbocycles. The Morgan fingerprint density at radius 2 is 1.90 bits per heavy atom. The Morgan fingerprint density at radius 3 is 2.65 bits per heavy atom. The highest BCUT2D eigenvalue weighted by atomic mass is 127. The van der Waals surface area contributed by atoms with Gasteiger partial charge in [-0.05, 0) is 58.2 Å². The highest BCUT2D eigenvalue weighted by Crippen LogP contribution is 2.12. The quantitative estimate of drug-likeness (QED) is 0.203. The summed E-state index contributed by atoms with van der Waals surface area (Å²) in [6.45, 7) is 9.99. The third kappa shape index (κ3) is 10.0. The number of aromatic nitrogens is 3. The number of guanidine groups is 1. The van der Waals surface area contributed by atoms with Gasteiger partial charge in [0.1, 0.15) is 12.2 Å². The van der Waals surface area contributed by atoms with E-state index in [1.807, 2.05) is 6.33 Å². The molecule has 2 aliphatic heterocycles. The summed E-state index contributed by atoms with van der Waals surface area (Å²) >= 11 is 0. The van der Waals surface area contributed by atoms with Gasteiger partial charge in [-0.25, -0.2) is 0 Å². The minimum Gasteiger partial charge on any atom is -0.376 e. The lowest BCUT2D eigenvalue weighted by Crippen LogP contribution is -2.41. The average Bonchev–Trinajstić information content (AvgIpc) is 3.08. The van der Waals surface area contributed by atoms with Gasteiger partial charge in [0, 0.05) is 32.7 Å². The van der Waals surface area contributed by atoms with Crippen molar-refractivity contribution in [1.29, 1.82) is 0 Å². The summed E-state index contributed by atoms with van der Waals surface area (Å²) in [4.78, 5) is 7.44. The average molecular weight is 548 g/mol. The molecule has 0 radical (unpaired) electrons. The predicted molar refractivity (Wildman–Crippen MR) is 136 cm³/mol. The van der Waals surface area contributed by atoms with E-state index in [0.29, 0.717) is 0 Å². The Kier molecular flexibility index (Phi) is 13.4. The number of nitrogens with zero attached hydrogens (tertiary/aromatic N) is 5. The van der Waals surface area contributed by atoms with Crippen LogP contribution in [0.15, 0.2) is 11.3 Å². The molecule has 3 rings (SSSR count). The van der Waals surface area contributed by atoms with Crippen LogP contribution in [0.25, 0.3) is 0 Å². The van der Waals surface area contributed by atoms with Crippen LogP contribution in [0, 0.1) is 0 Å². The maximum absolute atomic E-state index is 5.85. The third-order valence-corrected chi connectivity index (χ3v) is 6.03. The summed E-state index contributed by atoms with van der Waals surface area (Å²) in [6.07, 6.45) is 13.2. The van der Waals surface area contributed by atoms with Crippen molar-refractivity contribution in [2.45, 2.75) is 77.4 Å². The molecule has 1 atom stereocenters. The lowest BCUT2D eigenvalue weighted by molar-refractivity contribution is 0.0224. The summed E-state index contributed by atoms with van der Waals surface area (Å²) in [6, 6.07) is 0. The molecule has 0 spiro atoms. The standard InChI is InChI=1S/C22H41N7O.HI/c1-2-21-27-26-19-29(21)16-12-24-22(25-18-20-10-5-8-17-30-20)23-11-9-15-28-13-6-3-4-7-14-28;/h19-20H,2-18H2,1H3,(H2,23,24,25);1H. The Morgan fingerprint density at radius 1 is 1.10 bits per heavy atom. The first-order valence-electron chi connectivity index (χ1n) is 12.1. The van der Waals surface area contributed by atoms with E-state index in [9.17, 15) is 0 Å². The highest BCUT2D eigenvalue weighted by molar-refractivity contribution is 14.0. The second kappa shape index (κ2) is 15.8. The zero-order valence-corrected chi connectivity index (χ0v) is 21.6. The van der Waals surface area contributed by atoms with Gasteiger partial charge in [0.25, 0.3) is 0 Å². The van der Waals surface area contributed by atoms with Crippen molar-refractivity contribution in [1.82, 2.24) is 30.3 Å². The molecule has 31 heavy (non-hydrogen) atoms. The first-order chi connectivity index (χ1) is 14.8. The topological polar surface area (TPSA) is 79.6 Å². The molecule has 0 aromatic carbocycles. The second-order valence-electron chi connectivity index (χ2n) is 8.43. The molecule has 2 aliphatic rings. The molecule has 0 amide bonds. The smallest absolute Gasteiger partial charge is 0.191 e. The number of halogens is 1. The molecule has 0 bridgehead atoms. The van der Waals surface area contributed by atoms with Crippen LogP contribution >= 0.6 is 24.0 Å². The zero-order valence-electron chi connectivity index (χ0n) is 19.2. The van der Waals surface area contributed by atoms with Crippen molar-refractivity contribution >= 4 is 29.9 Å². The first kappa shape index (κ1) is 26.3. The number of aliphatic imine (C=N–C) groups is 1. The van der Waals surface area contributed by atoms with Crippen LogP contribution in [-0.4, -0.2) is 77.6 Å². The van der Waals surface area contributed by atoms with Gasteiger partial charge in [0.2, 0.25) is 0 Å². The Hall–Kier alpha value is -0.940. The van der Waals surface area contributed by atoms with E-state index in [4.69, 9.17) is 9.73 Å². The van der Waals surface area contributed by atoms with E-state index < -0.39 is 0 Å². The number of ether oxygens (including phenoxy) is 1. The molecular weight excluding hydrogens is 505 g/mol. The molecule has 1 aromatic heterocycles. The van der Waals surface area contributed by atoms with Crippen LogP contribution in [0.5, 0.6) is 0 Å². The lowest BCUT2D eigenvalue weighted by Gasteiger charge is -2.22. The lowest BCUT2D eigenvalue weighted by atomic mass is 10.1. The number of rotatable bonds is 10. The van der Waals surface area contributed by atoms with Gasteiger partial charge in [0.05, 0.1) is 12.6 Å². The first-order valence-corrected chi connectivity index (χ1v) is 12.1. The fourth-order valence-electron chi connectivity index (χ4n) is 4.22. The van der Waals surface area contributed by atoms with Crippen molar-refractivity contribution < 1.29 is 4.74 Å². The van der Waals surface area contributed by atoms with Crippen molar-refractivity contribution in [2.75, 3.05) is 45.9 Å². The van der Waals surface area contributed by atoms with Crippen LogP contribution in [0.4, 0.5) is 0 Å². The van der Waals surface area contributed by atoms with E-state index in [1.54, 1.807) is 0 Å². The van der Waals surface area contributed by atoms with E-state index in [2.05, 4.69) is 37.2 Å². The van der Waals surface area contributed by atoms with Gasteiger partial charge < -0.3 is 24.8 Å². The molecule has 2 saturated heterocycles. The Bertz CT molecular complexity index is 611. The number of likely N-dealkylation sites (tertiary alicyclic amines) is 1. The molecule has 1 aromatic rings. The summed E-state index contributed by atoms with van der Waals surface area (Å²) in [7, 11) is 0. The summed E-state index contributed by atoms with van der Waals surface area (Å²) in [5.74, 6) is 1.92. The molecule has 8 nitrogen and oxygen atoms in total. The van der Waals surface area contributed by atoms with Crippen LogP contribution in [0.2, 0.25) is 0 Å². The molecule has 2 N–H and O–H groups in total. The molecule has 0 saturated carbocycles. The fourth-order valence-corrected chi connectivity index (χ4v) is 4.22. The van der Waals surface area contributed by atoms with Crippen molar-refractivity contribution in [3.63, 3.8) is 0 Å². The van der Waals surface area contributed by atoms with E-state index in [1.165, 1.54) is 58.2 Å². The van der Waals surface area contributed by atoms with Gasteiger partial charge in [0.15, 0.2) is 5.96 Å². The van der Waals surface area contributed by atoms with E-state index in [0.717, 1.165) is 63.8 Å². The normalized spacial score (nSPS) is 20.7. The number of hydrogen-bond donors (Lipinski definition) is 2. The van der Waals surface area contributed by atoms with Crippen LogP contribution in [-0.2, 0) is 17.7 Å². The maximum atomic E-state index is 5.85. The highest BCUT2D eigenvalue weighted by Gasteiger charge is 2.14. The van der Waals surface area contributed by atoms with Crippen molar-refractivity contribution in [3.8, 4) is 0 Å². The zero-order chi connectivity index (χ0) is 20.9. The molecule has 3 heterocycles. The largest absolute Gasteiger partial charge is 0.376 e. The number of hydrogen-bond acceptors (Lipinski definition) is 5. The van der Waals surface area contributed by atoms with Crippen molar-refractivity contribution in [3.05, 3.63) is 12.2 Å². The minimum atomic E-state index is 0. The molecular formula is C22H42IN7O. The number of aryl methyl sites for hydroxylation is 1. The van der Waals surface area contributed by atoms with Crippen LogP contribution in [0.1, 0.15) is 64.1 Å². The third-order valence-electron chi connectivity index (χ3n) is 6.03. The molecule has 1 unspecified atom stereocenters. The minimum absolute atomic E-state index is 0. The second-order valence-corrected chi connectivity index (χ2v) is 8.43. The van der Waals surface area contributed by atoms with Gasteiger partial charge in [-0.3, -0.25) is 4.99 Å². The van der Waals surface area contributed by atoms with Gasteiger partial charge >= 0.3 is 0 Å².